The van der Waals surface area contributed by atoms with Crippen molar-refractivity contribution in [1.82, 2.24) is 5.32 Å². The first-order valence-corrected chi connectivity index (χ1v) is 8.67. The molecule has 1 saturated heterocycles. The van der Waals surface area contributed by atoms with Crippen molar-refractivity contribution in [2.75, 3.05) is 19.8 Å². The Morgan fingerprint density at radius 2 is 1.88 bits per heavy atom. The zero-order chi connectivity index (χ0) is 18.5. The lowest BCUT2D eigenvalue weighted by Gasteiger charge is -2.21. The third-order valence-corrected chi connectivity index (χ3v) is 4.62. The van der Waals surface area contributed by atoms with Crippen LogP contribution in [-0.2, 0) is 9.53 Å². The number of halogens is 2. The normalized spacial score (nSPS) is 17.6. The number of allylic oxidation sites excluding steroid dienone is 1. The lowest BCUT2D eigenvalue weighted by Crippen LogP contribution is -2.31. The van der Waals surface area contributed by atoms with Gasteiger partial charge in [-0.3, -0.25) is 14.6 Å². The zero-order valence-electron chi connectivity index (χ0n) is 14.3. The number of benzene rings is 1. The molecule has 1 amide bonds. The Bertz CT molecular complexity index is 748. The maximum atomic E-state index is 13.7. The van der Waals surface area contributed by atoms with Crippen molar-refractivity contribution in [3.63, 3.8) is 0 Å². The summed E-state index contributed by atoms with van der Waals surface area (Å²) in [4.78, 5) is 28.8. The standard InChI is InChI=1S/C19H20F2N2O3/c20-13-2-1-3-14(21)17(13)19(25)23-15-6-9-22-18(15)16(24)5-4-12-7-10-26-11-8-12/h1-3,6,12H,4-5,7-11H2,(H,23,25). The zero-order valence-corrected chi connectivity index (χ0v) is 14.3. The SMILES string of the molecule is O=C(CCC1CCOCC1)C1=NCC=C1NC(=O)c1c(F)cccc1F. The number of hydrogen-bond acceptors (Lipinski definition) is 4. The highest BCUT2D eigenvalue weighted by Gasteiger charge is 2.25. The van der Waals surface area contributed by atoms with E-state index in [1.165, 1.54) is 6.07 Å². The summed E-state index contributed by atoms with van der Waals surface area (Å²) in [6.07, 6.45) is 4.50. The second-order valence-corrected chi connectivity index (χ2v) is 6.38. The van der Waals surface area contributed by atoms with Gasteiger partial charge in [-0.15, -0.1) is 0 Å². The summed E-state index contributed by atoms with van der Waals surface area (Å²) in [6.45, 7) is 1.69. The molecule has 3 rings (SSSR count). The van der Waals surface area contributed by atoms with E-state index >= 15 is 0 Å². The minimum Gasteiger partial charge on any atom is -0.381 e. The molecule has 5 nitrogen and oxygen atoms in total. The van der Waals surface area contributed by atoms with Gasteiger partial charge in [-0.05, 0) is 43.4 Å². The number of nitrogens with one attached hydrogen (secondary N) is 1. The predicted molar refractivity (Wildman–Crippen MR) is 92.0 cm³/mol. The van der Waals surface area contributed by atoms with E-state index in [2.05, 4.69) is 10.3 Å². The monoisotopic (exact) mass is 362 g/mol. The third kappa shape index (κ3) is 4.22. The van der Waals surface area contributed by atoms with Crippen LogP contribution in [-0.4, -0.2) is 37.2 Å². The third-order valence-electron chi connectivity index (χ3n) is 4.62. The first-order valence-electron chi connectivity index (χ1n) is 8.67. The van der Waals surface area contributed by atoms with E-state index in [0.29, 0.717) is 12.3 Å². The van der Waals surface area contributed by atoms with Gasteiger partial charge < -0.3 is 10.1 Å². The fourth-order valence-corrected chi connectivity index (χ4v) is 3.15. The van der Waals surface area contributed by atoms with Gasteiger partial charge in [0.15, 0.2) is 5.78 Å². The molecule has 1 aromatic carbocycles. The molecule has 1 N–H and O–H groups in total. The van der Waals surface area contributed by atoms with Crippen molar-refractivity contribution in [2.45, 2.75) is 25.7 Å². The van der Waals surface area contributed by atoms with Crippen LogP contribution in [0.25, 0.3) is 0 Å². The average molecular weight is 362 g/mol. The molecule has 1 aromatic rings. The second-order valence-electron chi connectivity index (χ2n) is 6.38. The number of amides is 1. The van der Waals surface area contributed by atoms with Crippen molar-refractivity contribution in [3.05, 3.63) is 47.2 Å². The molecule has 0 bridgehead atoms. The molecule has 0 aromatic heterocycles. The highest BCUT2D eigenvalue weighted by molar-refractivity contribution is 6.47. The van der Waals surface area contributed by atoms with Crippen LogP contribution in [0, 0.1) is 17.6 Å². The Labute approximate surface area is 150 Å². The fraction of sp³-hybridized carbons (Fsp3) is 0.421. The summed E-state index contributed by atoms with van der Waals surface area (Å²) in [5, 5.41) is 2.42. The Balaban J connectivity index is 1.61. The number of nitrogens with zero attached hydrogens (tertiary/aromatic N) is 1. The maximum absolute atomic E-state index is 13.7. The van der Waals surface area contributed by atoms with Gasteiger partial charge in [0.2, 0.25) is 0 Å². The van der Waals surface area contributed by atoms with E-state index in [4.69, 9.17) is 4.74 Å². The van der Waals surface area contributed by atoms with Crippen LogP contribution in [0.3, 0.4) is 0 Å². The van der Waals surface area contributed by atoms with Crippen molar-refractivity contribution >= 4 is 17.4 Å². The molecule has 0 saturated carbocycles. The van der Waals surface area contributed by atoms with E-state index in [1.54, 1.807) is 6.08 Å². The molecule has 26 heavy (non-hydrogen) atoms. The second kappa shape index (κ2) is 8.31. The average Bonchev–Trinajstić information content (AvgIpc) is 3.08. The fourth-order valence-electron chi connectivity index (χ4n) is 3.15. The van der Waals surface area contributed by atoms with Crippen LogP contribution in [0.1, 0.15) is 36.0 Å². The summed E-state index contributed by atoms with van der Waals surface area (Å²) in [6, 6.07) is 3.20. The number of ketones is 1. The summed E-state index contributed by atoms with van der Waals surface area (Å²) >= 11 is 0. The van der Waals surface area contributed by atoms with Crippen molar-refractivity contribution in [1.29, 1.82) is 0 Å². The Hall–Kier alpha value is -2.41. The Morgan fingerprint density at radius 1 is 1.19 bits per heavy atom. The van der Waals surface area contributed by atoms with E-state index in [1.807, 2.05) is 0 Å². The molecular formula is C19H20F2N2O3. The minimum absolute atomic E-state index is 0.169. The summed E-state index contributed by atoms with van der Waals surface area (Å²) < 4.78 is 32.8. The lowest BCUT2D eigenvalue weighted by molar-refractivity contribution is -0.113. The molecular weight excluding hydrogens is 342 g/mol. The summed E-state index contributed by atoms with van der Waals surface area (Å²) in [5.41, 5.74) is -0.286. The highest BCUT2D eigenvalue weighted by Crippen LogP contribution is 2.21. The highest BCUT2D eigenvalue weighted by atomic mass is 19.1. The van der Waals surface area contributed by atoms with Gasteiger partial charge in [0.05, 0.1) is 12.2 Å². The largest absolute Gasteiger partial charge is 0.381 e. The van der Waals surface area contributed by atoms with E-state index in [9.17, 15) is 18.4 Å². The molecule has 0 radical (unpaired) electrons. The number of ether oxygens (including phenoxy) is 1. The van der Waals surface area contributed by atoms with Crippen LogP contribution in [0.4, 0.5) is 8.78 Å². The van der Waals surface area contributed by atoms with Crippen LogP contribution in [0.2, 0.25) is 0 Å². The van der Waals surface area contributed by atoms with E-state index < -0.39 is 23.1 Å². The van der Waals surface area contributed by atoms with Crippen molar-refractivity contribution in [3.8, 4) is 0 Å². The maximum Gasteiger partial charge on any atom is 0.261 e. The number of hydrogen-bond donors (Lipinski definition) is 1. The topological polar surface area (TPSA) is 67.8 Å². The van der Waals surface area contributed by atoms with Gasteiger partial charge in [-0.25, -0.2) is 8.78 Å². The Kier molecular flexibility index (Phi) is 5.88. The van der Waals surface area contributed by atoms with Crippen LogP contribution >= 0.6 is 0 Å². The number of carbonyl (C=O) groups is 2. The van der Waals surface area contributed by atoms with Crippen molar-refractivity contribution < 1.29 is 23.1 Å². The number of carbonyl (C=O) groups excluding carboxylic acids is 2. The molecule has 2 aliphatic heterocycles. The number of Topliss-reactive ketones (excluding diaryl/α,β-unsaturated/α-hetero) is 1. The van der Waals surface area contributed by atoms with Crippen molar-refractivity contribution in [2.24, 2.45) is 10.9 Å². The van der Waals surface area contributed by atoms with Crippen LogP contribution < -0.4 is 5.32 Å². The molecule has 0 unspecified atom stereocenters. The summed E-state index contributed by atoms with van der Waals surface area (Å²) in [5.74, 6) is -2.56. The van der Waals surface area contributed by atoms with E-state index in [-0.39, 0.29) is 23.7 Å². The van der Waals surface area contributed by atoms with Gasteiger partial charge in [0, 0.05) is 19.6 Å². The quantitative estimate of drug-likeness (QED) is 0.846. The molecule has 2 heterocycles. The first-order chi connectivity index (χ1) is 12.6. The van der Waals surface area contributed by atoms with E-state index in [0.717, 1.165) is 44.6 Å². The number of rotatable bonds is 6. The van der Waals surface area contributed by atoms with Gasteiger partial charge in [-0.1, -0.05) is 6.07 Å². The molecule has 2 aliphatic rings. The molecule has 7 heteroatoms. The Morgan fingerprint density at radius 3 is 2.58 bits per heavy atom. The smallest absolute Gasteiger partial charge is 0.261 e. The number of aliphatic imine (C=N–C) groups is 1. The predicted octanol–water partition coefficient (Wildman–Crippen LogP) is 2.81. The van der Waals surface area contributed by atoms with Gasteiger partial charge in [0.1, 0.15) is 22.9 Å². The molecule has 138 valence electrons. The van der Waals surface area contributed by atoms with Crippen LogP contribution in [0.15, 0.2) is 35.0 Å². The molecule has 0 spiro atoms. The van der Waals surface area contributed by atoms with Gasteiger partial charge >= 0.3 is 0 Å². The molecule has 1 fully saturated rings. The minimum atomic E-state index is -0.953. The molecule has 0 aliphatic carbocycles. The molecule has 0 atom stereocenters. The lowest BCUT2D eigenvalue weighted by atomic mass is 9.93. The summed E-state index contributed by atoms with van der Waals surface area (Å²) in [7, 11) is 0. The van der Waals surface area contributed by atoms with Crippen LogP contribution in [0.5, 0.6) is 0 Å². The van der Waals surface area contributed by atoms with Gasteiger partial charge in [0.25, 0.3) is 5.91 Å². The first kappa shape index (κ1) is 18.4. The van der Waals surface area contributed by atoms with Gasteiger partial charge in [-0.2, -0.15) is 0 Å².